The van der Waals surface area contributed by atoms with Gasteiger partial charge in [-0.05, 0) is 43.0 Å². The maximum Gasteiger partial charge on any atom is 0.255 e. The Morgan fingerprint density at radius 3 is 2.96 bits per heavy atom. The largest absolute Gasteiger partial charge is 0.493 e. The number of methoxy groups -OCH3 is 1. The first-order valence-electron chi connectivity index (χ1n) is 8.70. The first-order chi connectivity index (χ1) is 12.0. The van der Waals surface area contributed by atoms with E-state index in [4.69, 9.17) is 26.8 Å². The van der Waals surface area contributed by atoms with Crippen LogP contribution in [0.25, 0.3) is 0 Å². The molecule has 0 radical (unpaired) electrons. The molecule has 1 aliphatic rings. The lowest BCUT2D eigenvalue weighted by Crippen LogP contribution is -2.38. The second-order valence-electron chi connectivity index (χ2n) is 6.59. The second kappa shape index (κ2) is 9.85. The fourth-order valence-electron chi connectivity index (χ4n) is 3.12. The predicted octanol–water partition coefficient (Wildman–Crippen LogP) is 2.03. The number of nitrogens with zero attached hydrogens (tertiary/aromatic N) is 1. The molecule has 1 unspecified atom stereocenters. The number of hydrogen-bond acceptors (Lipinski definition) is 5. The van der Waals surface area contributed by atoms with Crippen molar-refractivity contribution in [1.29, 1.82) is 0 Å². The molecular weight excluding hydrogens is 342 g/mol. The average Bonchev–Trinajstić information content (AvgIpc) is 2.57. The van der Waals surface area contributed by atoms with Crippen LogP contribution in [0.4, 0.5) is 0 Å². The molecule has 6 nitrogen and oxygen atoms in total. The van der Waals surface area contributed by atoms with Crippen LogP contribution >= 0.6 is 11.6 Å². The van der Waals surface area contributed by atoms with Gasteiger partial charge in [0.2, 0.25) is 0 Å². The predicted molar refractivity (Wildman–Crippen MR) is 99.2 cm³/mol. The summed E-state index contributed by atoms with van der Waals surface area (Å²) < 4.78 is 10.6. The van der Waals surface area contributed by atoms with Gasteiger partial charge in [0.15, 0.2) is 18.1 Å². The lowest BCUT2D eigenvalue weighted by Gasteiger charge is -2.30. The van der Waals surface area contributed by atoms with Crippen LogP contribution in [-0.2, 0) is 11.3 Å². The Kier molecular flexibility index (Phi) is 7.81. The number of nitrogens with two attached hydrogens (primary N) is 1. The molecule has 3 N–H and O–H groups in total. The zero-order valence-corrected chi connectivity index (χ0v) is 15.8. The van der Waals surface area contributed by atoms with Gasteiger partial charge in [-0.2, -0.15) is 0 Å². The van der Waals surface area contributed by atoms with Crippen molar-refractivity contribution in [2.24, 2.45) is 11.7 Å². The molecule has 1 amide bonds. The van der Waals surface area contributed by atoms with Crippen molar-refractivity contribution in [3.63, 3.8) is 0 Å². The molecule has 1 fully saturated rings. The summed E-state index contributed by atoms with van der Waals surface area (Å²) in [7, 11) is 1.54. The van der Waals surface area contributed by atoms with Gasteiger partial charge in [0.1, 0.15) is 0 Å². The van der Waals surface area contributed by atoms with Crippen molar-refractivity contribution >= 4 is 17.5 Å². The molecule has 0 bridgehead atoms. The molecule has 0 aliphatic carbocycles. The van der Waals surface area contributed by atoms with Gasteiger partial charge in [0, 0.05) is 26.2 Å². The van der Waals surface area contributed by atoms with Crippen LogP contribution < -0.4 is 20.5 Å². The normalized spacial score (nSPS) is 18.1. The van der Waals surface area contributed by atoms with Gasteiger partial charge in [-0.15, -0.1) is 0 Å². The maximum absolute atomic E-state index is 10.9. The first-order valence-corrected chi connectivity index (χ1v) is 9.08. The zero-order valence-electron chi connectivity index (χ0n) is 15.0. The summed E-state index contributed by atoms with van der Waals surface area (Å²) in [5, 5.41) is 3.85. The number of nitrogens with one attached hydrogen (secondary N) is 1. The number of likely N-dealkylation sites (tertiary alicyclic amines) is 1. The molecule has 1 atom stereocenters. The smallest absolute Gasteiger partial charge is 0.255 e. The van der Waals surface area contributed by atoms with Crippen molar-refractivity contribution in [3.8, 4) is 11.5 Å². The number of hydrogen-bond donors (Lipinski definition) is 2. The van der Waals surface area contributed by atoms with Gasteiger partial charge in [0.25, 0.3) is 5.91 Å². The van der Waals surface area contributed by atoms with E-state index in [0.717, 1.165) is 24.6 Å². The number of halogens is 1. The van der Waals surface area contributed by atoms with E-state index in [1.54, 1.807) is 0 Å². The lowest BCUT2D eigenvalue weighted by atomic mass is 10.0. The SMILES string of the molecule is COc1cc(CNCCN2CCCC(C)C2)cc(Cl)c1OCC(N)=O. The quantitative estimate of drug-likeness (QED) is 0.651. The summed E-state index contributed by atoms with van der Waals surface area (Å²) in [6, 6.07) is 3.68. The van der Waals surface area contributed by atoms with E-state index in [1.807, 2.05) is 12.1 Å². The molecule has 1 aromatic rings. The van der Waals surface area contributed by atoms with Gasteiger partial charge in [-0.25, -0.2) is 0 Å². The Balaban J connectivity index is 1.85. The van der Waals surface area contributed by atoms with Gasteiger partial charge in [0.05, 0.1) is 12.1 Å². The zero-order chi connectivity index (χ0) is 18.2. The molecule has 2 rings (SSSR count). The fraction of sp³-hybridized carbons (Fsp3) is 0.611. The molecule has 7 heteroatoms. The summed E-state index contributed by atoms with van der Waals surface area (Å²) in [6.07, 6.45) is 2.63. The van der Waals surface area contributed by atoms with Gasteiger partial charge >= 0.3 is 0 Å². The van der Waals surface area contributed by atoms with Crippen LogP contribution in [0, 0.1) is 5.92 Å². The molecule has 0 aromatic heterocycles. The number of ether oxygens (including phenoxy) is 2. The highest BCUT2D eigenvalue weighted by molar-refractivity contribution is 6.32. The Morgan fingerprint density at radius 1 is 1.48 bits per heavy atom. The molecule has 1 heterocycles. The van der Waals surface area contributed by atoms with Crippen LogP contribution in [0.15, 0.2) is 12.1 Å². The molecule has 1 saturated heterocycles. The third-order valence-electron chi connectivity index (χ3n) is 4.32. The summed E-state index contributed by atoms with van der Waals surface area (Å²) in [5.74, 6) is 1.07. The standard InChI is InChI=1S/C18H28ClN3O3/c1-13-4-3-6-22(11-13)7-5-21-10-14-8-15(19)18(16(9-14)24-2)25-12-17(20)23/h8-9,13,21H,3-7,10-12H2,1-2H3,(H2,20,23). The minimum absolute atomic E-state index is 0.234. The molecule has 0 saturated carbocycles. The van der Waals surface area contributed by atoms with E-state index in [9.17, 15) is 4.79 Å². The van der Waals surface area contributed by atoms with E-state index >= 15 is 0 Å². The summed E-state index contributed by atoms with van der Waals surface area (Å²) in [4.78, 5) is 13.4. The highest BCUT2D eigenvalue weighted by Crippen LogP contribution is 2.36. The number of carbonyl (C=O) groups is 1. The Morgan fingerprint density at radius 2 is 2.28 bits per heavy atom. The van der Waals surface area contributed by atoms with E-state index in [2.05, 4.69) is 17.1 Å². The number of piperidine rings is 1. The van der Waals surface area contributed by atoms with Crippen molar-refractivity contribution in [3.05, 3.63) is 22.7 Å². The molecule has 25 heavy (non-hydrogen) atoms. The van der Waals surface area contributed by atoms with Crippen molar-refractivity contribution < 1.29 is 14.3 Å². The Labute approximate surface area is 154 Å². The van der Waals surface area contributed by atoms with E-state index < -0.39 is 5.91 Å². The van der Waals surface area contributed by atoms with E-state index in [0.29, 0.717) is 23.1 Å². The molecular formula is C18H28ClN3O3. The highest BCUT2D eigenvalue weighted by atomic mass is 35.5. The summed E-state index contributed by atoms with van der Waals surface area (Å²) >= 11 is 6.25. The third kappa shape index (κ3) is 6.38. The van der Waals surface area contributed by atoms with Gasteiger partial charge < -0.3 is 25.4 Å². The topological polar surface area (TPSA) is 76.8 Å². The Bertz CT molecular complexity index is 583. The molecule has 1 aliphatic heterocycles. The second-order valence-corrected chi connectivity index (χ2v) is 7.00. The van der Waals surface area contributed by atoms with Crippen LogP contribution in [0.2, 0.25) is 5.02 Å². The summed E-state index contributed by atoms with van der Waals surface area (Å²) in [6.45, 7) is 7.12. The molecule has 1 aromatic carbocycles. The Hall–Kier alpha value is -1.50. The lowest BCUT2D eigenvalue weighted by molar-refractivity contribution is -0.119. The van der Waals surface area contributed by atoms with E-state index in [1.165, 1.54) is 33.0 Å². The number of carbonyl (C=O) groups excluding carboxylic acids is 1. The van der Waals surface area contributed by atoms with Crippen molar-refractivity contribution in [2.45, 2.75) is 26.3 Å². The van der Waals surface area contributed by atoms with Crippen LogP contribution in [0.1, 0.15) is 25.3 Å². The van der Waals surface area contributed by atoms with Gasteiger partial charge in [-0.3, -0.25) is 4.79 Å². The number of primary amides is 1. The minimum atomic E-state index is -0.559. The first kappa shape index (κ1) is 19.8. The molecule has 0 spiro atoms. The van der Waals surface area contributed by atoms with Crippen LogP contribution in [0.3, 0.4) is 0 Å². The number of benzene rings is 1. The molecule has 140 valence electrons. The minimum Gasteiger partial charge on any atom is -0.493 e. The van der Waals surface area contributed by atoms with Crippen molar-refractivity contribution in [2.75, 3.05) is 39.9 Å². The highest BCUT2D eigenvalue weighted by Gasteiger charge is 2.16. The number of rotatable bonds is 9. The van der Waals surface area contributed by atoms with Gasteiger partial charge in [-0.1, -0.05) is 18.5 Å². The third-order valence-corrected chi connectivity index (χ3v) is 4.60. The van der Waals surface area contributed by atoms with Crippen molar-refractivity contribution in [1.82, 2.24) is 10.2 Å². The fourth-order valence-corrected chi connectivity index (χ4v) is 3.41. The van der Waals surface area contributed by atoms with Crippen LogP contribution in [0.5, 0.6) is 11.5 Å². The van der Waals surface area contributed by atoms with E-state index in [-0.39, 0.29) is 6.61 Å². The monoisotopic (exact) mass is 369 g/mol. The average molecular weight is 370 g/mol. The maximum atomic E-state index is 10.9. The van der Waals surface area contributed by atoms with Crippen LogP contribution in [-0.4, -0.2) is 50.7 Å². The summed E-state index contributed by atoms with van der Waals surface area (Å²) in [5.41, 5.74) is 6.10. The number of amides is 1.